The zero-order valence-electron chi connectivity index (χ0n) is 20.8. The van der Waals surface area contributed by atoms with Crippen LogP contribution in [0.25, 0.3) is 16.8 Å². The van der Waals surface area contributed by atoms with E-state index in [1.807, 2.05) is 0 Å². The van der Waals surface area contributed by atoms with Crippen molar-refractivity contribution in [3.8, 4) is 17.0 Å². The van der Waals surface area contributed by atoms with Gasteiger partial charge in [0, 0.05) is 17.3 Å². The lowest BCUT2D eigenvalue weighted by atomic mass is 9.93. The molecule has 0 bridgehead atoms. The minimum Gasteiger partial charge on any atom is -0.491 e. The Balaban J connectivity index is 1.81. The molecule has 0 fully saturated rings. The molecule has 4 aromatic rings. The summed E-state index contributed by atoms with van der Waals surface area (Å²) < 4.78 is 63.9. The minimum absolute atomic E-state index is 0.0430. The second-order valence-electron chi connectivity index (χ2n) is 8.68. The third-order valence-corrected chi connectivity index (χ3v) is 6.36. The van der Waals surface area contributed by atoms with Crippen molar-refractivity contribution < 1.29 is 37.0 Å². The molecule has 4 N–H and O–H groups in total. The van der Waals surface area contributed by atoms with E-state index >= 15 is 0 Å². The molecule has 40 heavy (non-hydrogen) atoms. The number of aromatic nitrogens is 3. The summed E-state index contributed by atoms with van der Waals surface area (Å²) in [4.78, 5) is 28.7. The predicted octanol–water partition coefficient (Wildman–Crippen LogP) is 3.80. The maximum Gasteiger partial charge on any atom is 0.424 e. The van der Waals surface area contributed by atoms with Crippen LogP contribution < -0.4 is 15.8 Å². The highest BCUT2D eigenvalue weighted by Gasteiger charge is 2.56. The predicted molar refractivity (Wildman–Crippen MR) is 136 cm³/mol. The van der Waals surface area contributed by atoms with Crippen molar-refractivity contribution in [2.24, 2.45) is 5.73 Å². The number of carbonyl (C=O) groups excluding carboxylic acids is 2. The summed E-state index contributed by atoms with van der Waals surface area (Å²) in [5.41, 5.74) is 0.593. The van der Waals surface area contributed by atoms with Crippen LogP contribution in [0.4, 0.5) is 17.6 Å². The van der Waals surface area contributed by atoms with E-state index in [1.165, 1.54) is 16.6 Å². The van der Waals surface area contributed by atoms with Gasteiger partial charge >= 0.3 is 6.18 Å². The van der Waals surface area contributed by atoms with E-state index in [0.717, 1.165) is 24.4 Å². The number of hydrogen-bond acceptors (Lipinski definition) is 6. The van der Waals surface area contributed by atoms with Gasteiger partial charge in [0.05, 0.1) is 47.6 Å². The van der Waals surface area contributed by atoms with Crippen LogP contribution in [0.15, 0.2) is 54.9 Å². The van der Waals surface area contributed by atoms with Crippen molar-refractivity contribution >= 4 is 28.9 Å². The third kappa shape index (κ3) is 5.56. The fourth-order valence-electron chi connectivity index (χ4n) is 3.98. The molecule has 0 aliphatic heterocycles. The minimum atomic E-state index is -5.36. The Kier molecular flexibility index (Phi) is 7.98. The first kappa shape index (κ1) is 28.8. The molecule has 1 aromatic carbocycles. The molecule has 3 heterocycles. The number of hydrogen-bond donors (Lipinski definition) is 3. The number of amides is 2. The summed E-state index contributed by atoms with van der Waals surface area (Å²) >= 11 is 6.25. The second kappa shape index (κ2) is 11.1. The number of nitrogens with one attached hydrogen (secondary N) is 1. The van der Waals surface area contributed by atoms with Crippen molar-refractivity contribution in [1.82, 2.24) is 19.9 Å². The highest BCUT2D eigenvalue weighted by molar-refractivity contribution is 6.36. The molecule has 0 saturated heterocycles. The molecular formula is C26H22ClF4N5O4. The van der Waals surface area contributed by atoms with Crippen LogP contribution >= 0.6 is 11.6 Å². The third-order valence-electron chi connectivity index (χ3n) is 5.96. The molecule has 14 heteroatoms. The summed E-state index contributed by atoms with van der Waals surface area (Å²) in [6.45, 7) is 0.266. The Morgan fingerprint density at radius 1 is 1.20 bits per heavy atom. The number of aliphatic hydroxyl groups is 1. The van der Waals surface area contributed by atoms with E-state index in [-0.39, 0.29) is 39.8 Å². The van der Waals surface area contributed by atoms with E-state index in [4.69, 9.17) is 22.1 Å². The average molecular weight is 580 g/mol. The number of nitrogens with two attached hydrogens (primary N) is 1. The van der Waals surface area contributed by atoms with Gasteiger partial charge in [-0.05, 0) is 49.4 Å². The molecule has 0 unspecified atom stereocenters. The normalized spacial score (nSPS) is 13.2. The average Bonchev–Trinajstić information content (AvgIpc) is 3.38. The molecule has 0 aliphatic rings. The molecule has 3 aromatic heterocycles. The van der Waals surface area contributed by atoms with Gasteiger partial charge in [-0.25, -0.2) is 13.9 Å². The maximum absolute atomic E-state index is 14.5. The first-order valence-electron chi connectivity index (χ1n) is 11.8. The summed E-state index contributed by atoms with van der Waals surface area (Å²) in [5.74, 6) is -2.61. The fraction of sp³-hybridized carbons (Fsp3) is 0.231. The van der Waals surface area contributed by atoms with Crippen LogP contribution in [-0.4, -0.2) is 50.8 Å². The molecule has 0 spiro atoms. The number of rotatable bonds is 9. The van der Waals surface area contributed by atoms with Gasteiger partial charge in [0.1, 0.15) is 17.3 Å². The van der Waals surface area contributed by atoms with Crippen LogP contribution in [0.3, 0.4) is 0 Å². The van der Waals surface area contributed by atoms with Crippen LogP contribution in [0.1, 0.15) is 28.5 Å². The lowest BCUT2D eigenvalue weighted by Crippen LogP contribution is -2.51. The lowest BCUT2D eigenvalue weighted by molar-refractivity contribution is -0.265. The standard InChI is InChI=1S/C26H22ClF4N5O4/c1-2-40-23-15(11-20(32)37)10-19(35-22(23)14-5-7-16(28)8-6-14)25(39,26(29,30)31)13-33-24(38)17-12-34-36-9-3-4-18(36)21(17)27/h3-10,12,39H,2,11,13H2,1H3,(H2,32,37)(H,33,38)/t25-/m0/s1. The van der Waals surface area contributed by atoms with Crippen molar-refractivity contribution in [2.75, 3.05) is 13.2 Å². The molecule has 0 saturated carbocycles. The van der Waals surface area contributed by atoms with Gasteiger partial charge in [-0.3, -0.25) is 9.59 Å². The molecule has 1 atom stereocenters. The molecule has 0 radical (unpaired) electrons. The topological polar surface area (TPSA) is 132 Å². The van der Waals surface area contributed by atoms with Gasteiger partial charge in [-0.1, -0.05) is 11.6 Å². The van der Waals surface area contributed by atoms with Gasteiger partial charge in [-0.15, -0.1) is 0 Å². The summed E-state index contributed by atoms with van der Waals surface area (Å²) in [7, 11) is 0. The smallest absolute Gasteiger partial charge is 0.424 e. The number of carbonyl (C=O) groups is 2. The Bertz CT molecular complexity index is 1580. The summed E-state index contributed by atoms with van der Waals surface area (Å²) in [6, 6.07) is 8.62. The van der Waals surface area contributed by atoms with E-state index in [9.17, 15) is 32.3 Å². The maximum atomic E-state index is 14.5. The zero-order valence-corrected chi connectivity index (χ0v) is 21.6. The molecule has 4 rings (SSSR count). The van der Waals surface area contributed by atoms with Gasteiger partial charge < -0.3 is 20.9 Å². The number of fused-ring (bicyclic) bond motifs is 1. The van der Waals surface area contributed by atoms with Gasteiger partial charge in [-0.2, -0.15) is 18.3 Å². The molecule has 0 aliphatic carbocycles. The van der Waals surface area contributed by atoms with Gasteiger partial charge in [0.15, 0.2) is 0 Å². The van der Waals surface area contributed by atoms with Crippen LogP contribution in [0.5, 0.6) is 5.75 Å². The van der Waals surface area contributed by atoms with Crippen molar-refractivity contribution in [3.05, 3.63) is 82.5 Å². The highest BCUT2D eigenvalue weighted by atomic mass is 35.5. The Morgan fingerprint density at radius 3 is 2.52 bits per heavy atom. The number of ether oxygens (including phenoxy) is 1. The van der Waals surface area contributed by atoms with E-state index in [1.54, 1.807) is 25.3 Å². The lowest BCUT2D eigenvalue weighted by Gasteiger charge is -2.31. The molecule has 9 nitrogen and oxygen atoms in total. The van der Waals surface area contributed by atoms with Crippen molar-refractivity contribution in [1.29, 1.82) is 0 Å². The molecule has 2 amide bonds. The summed E-state index contributed by atoms with van der Waals surface area (Å²) in [5, 5.41) is 17.0. The number of primary amides is 1. The van der Waals surface area contributed by atoms with Gasteiger partial charge in [0.2, 0.25) is 11.5 Å². The molecular weight excluding hydrogens is 558 g/mol. The number of pyridine rings is 1. The van der Waals surface area contributed by atoms with E-state index < -0.39 is 48.1 Å². The quantitative estimate of drug-likeness (QED) is 0.259. The monoisotopic (exact) mass is 579 g/mol. The van der Waals surface area contributed by atoms with Crippen LogP contribution in [0.2, 0.25) is 5.02 Å². The fourth-order valence-corrected chi connectivity index (χ4v) is 4.27. The SMILES string of the molecule is CCOc1c(CC(N)=O)cc([C@@](O)(CNC(=O)c2cnn3cccc3c2Cl)C(F)(F)F)nc1-c1ccc(F)cc1. The number of nitrogens with zero attached hydrogens (tertiary/aromatic N) is 3. The Labute approximate surface area is 229 Å². The van der Waals surface area contributed by atoms with Crippen molar-refractivity contribution in [2.45, 2.75) is 25.1 Å². The Hall–Kier alpha value is -4.23. The largest absolute Gasteiger partial charge is 0.491 e. The van der Waals surface area contributed by atoms with E-state index in [2.05, 4.69) is 15.4 Å². The van der Waals surface area contributed by atoms with Crippen molar-refractivity contribution in [3.63, 3.8) is 0 Å². The van der Waals surface area contributed by atoms with Crippen LogP contribution in [0, 0.1) is 5.82 Å². The second-order valence-corrected chi connectivity index (χ2v) is 9.06. The zero-order chi connectivity index (χ0) is 29.2. The van der Waals surface area contributed by atoms with E-state index in [0.29, 0.717) is 5.52 Å². The number of halogens is 5. The Morgan fingerprint density at radius 2 is 1.90 bits per heavy atom. The first-order chi connectivity index (χ1) is 18.9. The summed E-state index contributed by atoms with van der Waals surface area (Å²) in [6.07, 6.45) is -3.29. The number of alkyl halides is 3. The van der Waals surface area contributed by atoms with Gasteiger partial charge in [0.25, 0.3) is 5.91 Å². The van der Waals surface area contributed by atoms with Crippen LogP contribution in [-0.2, 0) is 16.8 Å². The first-order valence-corrected chi connectivity index (χ1v) is 12.1. The molecule has 210 valence electrons. The number of benzene rings is 1. The highest BCUT2D eigenvalue weighted by Crippen LogP contribution is 2.42.